The van der Waals surface area contributed by atoms with E-state index in [-0.39, 0.29) is 30.3 Å². The molecule has 0 aromatic heterocycles. The molecule has 4 nitrogen and oxygen atoms in total. The Morgan fingerprint density at radius 1 is 1.43 bits per heavy atom. The van der Waals surface area contributed by atoms with E-state index in [2.05, 4.69) is 50.4 Å². The molecule has 0 saturated carbocycles. The van der Waals surface area contributed by atoms with Crippen LogP contribution >= 0.6 is 0 Å². The number of rotatable bonds is 3. The fraction of sp³-hybridized carbons (Fsp3) is 0.588. The van der Waals surface area contributed by atoms with E-state index in [1.807, 2.05) is 4.90 Å². The normalized spacial score (nSPS) is 32.9. The minimum atomic E-state index is -0.0803. The van der Waals surface area contributed by atoms with Crippen LogP contribution < -0.4 is 5.32 Å². The van der Waals surface area contributed by atoms with Crippen LogP contribution in [0, 0.1) is 6.92 Å². The molecule has 0 bridgehead atoms. The van der Waals surface area contributed by atoms with Crippen molar-refractivity contribution in [1.82, 2.24) is 10.2 Å². The van der Waals surface area contributed by atoms with Gasteiger partial charge in [0, 0.05) is 6.61 Å². The van der Waals surface area contributed by atoms with Crippen molar-refractivity contribution in [1.29, 1.82) is 0 Å². The van der Waals surface area contributed by atoms with Crippen LogP contribution in [-0.4, -0.2) is 35.6 Å². The number of aryl methyl sites for hydroxylation is 1. The summed E-state index contributed by atoms with van der Waals surface area (Å²) in [4.78, 5) is 14.8. The third-order valence-corrected chi connectivity index (χ3v) is 4.65. The SMILES string of the molecule is CCC1NC(c2cccc(C)c2)N(C2CCOC2C)C1=O. The molecule has 0 radical (unpaired) electrons. The van der Waals surface area contributed by atoms with Crippen LogP contribution in [0.25, 0.3) is 0 Å². The van der Waals surface area contributed by atoms with Gasteiger partial charge in [-0.15, -0.1) is 0 Å². The summed E-state index contributed by atoms with van der Waals surface area (Å²) in [6.07, 6.45) is 1.82. The molecule has 114 valence electrons. The van der Waals surface area contributed by atoms with Gasteiger partial charge in [-0.1, -0.05) is 36.8 Å². The van der Waals surface area contributed by atoms with Gasteiger partial charge in [0.1, 0.15) is 6.17 Å². The molecular formula is C17H24N2O2. The zero-order chi connectivity index (χ0) is 15.0. The first kappa shape index (κ1) is 14.5. The molecule has 21 heavy (non-hydrogen) atoms. The average molecular weight is 288 g/mol. The van der Waals surface area contributed by atoms with E-state index >= 15 is 0 Å². The molecule has 0 spiro atoms. The highest BCUT2D eigenvalue weighted by molar-refractivity contribution is 5.85. The number of carbonyl (C=O) groups excluding carboxylic acids is 1. The number of nitrogens with zero attached hydrogens (tertiary/aromatic N) is 1. The van der Waals surface area contributed by atoms with Crippen LogP contribution in [0.2, 0.25) is 0 Å². The van der Waals surface area contributed by atoms with Gasteiger partial charge in [-0.3, -0.25) is 10.1 Å². The summed E-state index contributed by atoms with van der Waals surface area (Å²) in [5.41, 5.74) is 2.38. The third kappa shape index (κ3) is 2.58. The fourth-order valence-corrected chi connectivity index (χ4v) is 3.48. The van der Waals surface area contributed by atoms with Crippen molar-refractivity contribution >= 4 is 5.91 Å². The van der Waals surface area contributed by atoms with Gasteiger partial charge in [0.15, 0.2) is 0 Å². The van der Waals surface area contributed by atoms with Gasteiger partial charge in [-0.2, -0.15) is 0 Å². The summed E-state index contributed by atoms with van der Waals surface area (Å²) < 4.78 is 5.68. The molecule has 4 heteroatoms. The van der Waals surface area contributed by atoms with Gasteiger partial charge < -0.3 is 9.64 Å². The summed E-state index contributed by atoms with van der Waals surface area (Å²) >= 11 is 0. The van der Waals surface area contributed by atoms with Gasteiger partial charge >= 0.3 is 0 Å². The molecule has 1 aromatic rings. The molecule has 2 aliphatic rings. The molecule has 1 aromatic carbocycles. The Labute approximate surface area is 126 Å². The molecule has 2 aliphatic heterocycles. The maximum absolute atomic E-state index is 12.7. The number of benzene rings is 1. The number of hydrogen-bond donors (Lipinski definition) is 1. The van der Waals surface area contributed by atoms with E-state index in [4.69, 9.17) is 4.74 Å². The predicted molar refractivity (Wildman–Crippen MR) is 81.8 cm³/mol. The lowest BCUT2D eigenvalue weighted by atomic mass is 10.1. The number of nitrogens with one attached hydrogen (secondary N) is 1. The Hall–Kier alpha value is -1.39. The Morgan fingerprint density at radius 2 is 2.24 bits per heavy atom. The van der Waals surface area contributed by atoms with Gasteiger partial charge in [-0.25, -0.2) is 0 Å². The summed E-state index contributed by atoms with van der Waals surface area (Å²) in [5.74, 6) is 0.214. The van der Waals surface area contributed by atoms with Gasteiger partial charge in [0.05, 0.1) is 18.2 Å². The zero-order valence-corrected chi connectivity index (χ0v) is 13.0. The van der Waals surface area contributed by atoms with E-state index in [1.165, 1.54) is 11.1 Å². The highest BCUT2D eigenvalue weighted by Crippen LogP contribution is 2.33. The highest BCUT2D eigenvalue weighted by atomic mass is 16.5. The molecule has 0 aliphatic carbocycles. The molecular weight excluding hydrogens is 264 g/mol. The Kier molecular flexibility index (Phi) is 4.00. The summed E-state index contributed by atoms with van der Waals surface area (Å²) in [6, 6.07) is 8.50. The second-order valence-corrected chi connectivity index (χ2v) is 6.12. The second-order valence-electron chi connectivity index (χ2n) is 6.12. The predicted octanol–water partition coefficient (Wildman–Crippen LogP) is 2.38. The minimum absolute atomic E-state index is 0.0310. The standard InChI is InChI=1S/C17H24N2O2/c1-4-14-17(20)19(15-8-9-21-12(15)3)16(18-14)13-7-5-6-11(2)10-13/h5-7,10,12,14-16,18H,4,8-9H2,1-3H3. The van der Waals surface area contributed by atoms with Crippen molar-refractivity contribution in [2.24, 2.45) is 0 Å². The summed E-state index contributed by atoms with van der Waals surface area (Å²) in [5, 5.41) is 3.50. The molecule has 3 rings (SSSR count). The van der Waals surface area contributed by atoms with E-state index in [9.17, 15) is 4.79 Å². The maximum Gasteiger partial charge on any atom is 0.241 e. The average Bonchev–Trinajstić information content (AvgIpc) is 3.02. The van der Waals surface area contributed by atoms with Crippen LogP contribution in [0.15, 0.2) is 24.3 Å². The minimum Gasteiger partial charge on any atom is -0.376 e. The number of amides is 1. The quantitative estimate of drug-likeness (QED) is 0.928. The summed E-state index contributed by atoms with van der Waals surface area (Å²) in [7, 11) is 0. The van der Waals surface area contributed by atoms with Gasteiger partial charge in [0.2, 0.25) is 5.91 Å². The smallest absolute Gasteiger partial charge is 0.241 e. The van der Waals surface area contributed by atoms with E-state index in [1.54, 1.807) is 0 Å². The number of ether oxygens (including phenoxy) is 1. The van der Waals surface area contributed by atoms with Crippen LogP contribution in [0.3, 0.4) is 0 Å². The van der Waals surface area contributed by atoms with Crippen molar-refractivity contribution in [3.8, 4) is 0 Å². The van der Waals surface area contributed by atoms with Crippen molar-refractivity contribution in [3.63, 3.8) is 0 Å². The van der Waals surface area contributed by atoms with E-state index < -0.39 is 0 Å². The van der Waals surface area contributed by atoms with Crippen molar-refractivity contribution < 1.29 is 9.53 Å². The van der Waals surface area contributed by atoms with Crippen LogP contribution in [0.1, 0.15) is 44.0 Å². The lowest BCUT2D eigenvalue weighted by Gasteiger charge is -2.32. The Balaban J connectivity index is 1.94. The number of hydrogen-bond acceptors (Lipinski definition) is 3. The lowest BCUT2D eigenvalue weighted by Crippen LogP contribution is -2.43. The molecule has 1 N–H and O–H groups in total. The highest BCUT2D eigenvalue weighted by Gasteiger charge is 2.45. The first-order chi connectivity index (χ1) is 10.1. The molecule has 2 saturated heterocycles. The second kappa shape index (κ2) is 5.78. The first-order valence-electron chi connectivity index (χ1n) is 7.88. The fourth-order valence-electron chi connectivity index (χ4n) is 3.48. The first-order valence-corrected chi connectivity index (χ1v) is 7.88. The van der Waals surface area contributed by atoms with Crippen molar-refractivity contribution in [3.05, 3.63) is 35.4 Å². The van der Waals surface area contributed by atoms with Crippen LogP contribution in [0.4, 0.5) is 0 Å². The number of carbonyl (C=O) groups is 1. The van der Waals surface area contributed by atoms with Crippen molar-refractivity contribution in [2.45, 2.75) is 58.0 Å². The molecule has 4 atom stereocenters. The van der Waals surface area contributed by atoms with Gasteiger partial charge in [0.25, 0.3) is 0 Å². The molecule has 2 fully saturated rings. The molecule has 2 heterocycles. The third-order valence-electron chi connectivity index (χ3n) is 4.65. The molecule has 1 amide bonds. The lowest BCUT2D eigenvalue weighted by molar-refractivity contribution is -0.133. The Morgan fingerprint density at radius 3 is 2.86 bits per heavy atom. The summed E-state index contributed by atoms with van der Waals surface area (Å²) in [6.45, 7) is 6.95. The Bertz CT molecular complexity index is 531. The van der Waals surface area contributed by atoms with Gasteiger partial charge in [-0.05, 0) is 32.3 Å². The van der Waals surface area contributed by atoms with Crippen LogP contribution in [0.5, 0.6) is 0 Å². The van der Waals surface area contributed by atoms with Crippen LogP contribution in [-0.2, 0) is 9.53 Å². The van der Waals surface area contributed by atoms with Crippen molar-refractivity contribution in [2.75, 3.05) is 6.61 Å². The topological polar surface area (TPSA) is 41.6 Å². The zero-order valence-electron chi connectivity index (χ0n) is 13.0. The maximum atomic E-state index is 12.7. The largest absolute Gasteiger partial charge is 0.376 e. The molecule has 4 unspecified atom stereocenters. The monoisotopic (exact) mass is 288 g/mol. The van der Waals surface area contributed by atoms with E-state index in [0.717, 1.165) is 19.4 Å². The van der Waals surface area contributed by atoms with E-state index in [0.29, 0.717) is 0 Å².